The third-order valence-corrected chi connectivity index (χ3v) is 6.29. The minimum atomic E-state index is -2.56. The summed E-state index contributed by atoms with van der Waals surface area (Å²) in [4.78, 5) is 19.3. The molecule has 32 heavy (non-hydrogen) atoms. The molecule has 1 aromatic carbocycles. The van der Waals surface area contributed by atoms with E-state index in [0.717, 1.165) is 48.2 Å². The number of pyridine rings is 1. The summed E-state index contributed by atoms with van der Waals surface area (Å²) < 4.78 is 24.2. The van der Waals surface area contributed by atoms with Crippen LogP contribution < -0.4 is 20.7 Å². The molecule has 4 N–H and O–H groups in total. The number of rotatable bonds is 7. The van der Waals surface area contributed by atoms with Gasteiger partial charge in [0, 0.05) is 35.6 Å². The Morgan fingerprint density at radius 3 is 2.72 bits per heavy atom. The lowest BCUT2D eigenvalue weighted by Crippen LogP contribution is -2.38. The SMILES string of the molecule is CC(Nc1ncnc(N)n1)c1cc2cc(Cl)ccc2nc1N1CCC(CN[SH](=O)=O)CC1. The fourth-order valence-corrected chi connectivity index (χ4v) is 4.52. The molecule has 0 bridgehead atoms. The number of benzene rings is 1. The monoisotopic (exact) mass is 476 g/mol. The van der Waals surface area contributed by atoms with Crippen molar-refractivity contribution in [3.05, 3.63) is 41.2 Å². The van der Waals surface area contributed by atoms with Gasteiger partial charge in [-0.2, -0.15) is 4.98 Å². The molecule has 1 saturated heterocycles. The van der Waals surface area contributed by atoms with Crippen LogP contribution in [0, 0.1) is 5.92 Å². The normalized spacial score (nSPS) is 15.9. The van der Waals surface area contributed by atoms with E-state index in [-0.39, 0.29) is 12.0 Å². The Balaban J connectivity index is 1.62. The van der Waals surface area contributed by atoms with Gasteiger partial charge in [-0.3, -0.25) is 0 Å². The van der Waals surface area contributed by atoms with Crippen LogP contribution in [0.1, 0.15) is 31.4 Å². The molecule has 10 nitrogen and oxygen atoms in total. The highest BCUT2D eigenvalue weighted by atomic mass is 35.5. The maximum Gasteiger partial charge on any atom is 0.227 e. The highest BCUT2D eigenvalue weighted by Crippen LogP contribution is 2.33. The van der Waals surface area contributed by atoms with Crippen LogP contribution in [0.15, 0.2) is 30.6 Å². The summed E-state index contributed by atoms with van der Waals surface area (Å²) in [7, 11) is -2.56. The van der Waals surface area contributed by atoms with Gasteiger partial charge in [-0.05, 0) is 49.9 Å². The first-order valence-corrected chi connectivity index (χ1v) is 11.9. The van der Waals surface area contributed by atoms with Gasteiger partial charge < -0.3 is 16.0 Å². The van der Waals surface area contributed by atoms with E-state index in [4.69, 9.17) is 22.3 Å². The van der Waals surface area contributed by atoms with Gasteiger partial charge in [-0.15, -0.1) is 0 Å². The number of fused-ring (bicyclic) bond motifs is 1. The lowest BCUT2D eigenvalue weighted by atomic mass is 9.96. The van der Waals surface area contributed by atoms with E-state index in [9.17, 15) is 8.42 Å². The molecule has 4 rings (SSSR count). The van der Waals surface area contributed by atoms with Gasteiger partial charge in [0.15, 0.2) is 0 Å². The first-order valence-electron chi connectivity index (χ1n) is 10.3. The van der Waals surface area contributed by atoms with Crippen molar-refractivity contribution in [1.29, 1.82) is 0 Å². The van der Waals surface area contributed by atoms with Crippen molar-refractivity contribution in [3.8, 4) is 0 Å². The van der Waals surface area contributed by atoms with Crippen molar-refractivity contribution in [3.63, 3.8) is 0 Å². The molecule has 1 atom stereocenters. The zero-order valence-corrected chi connectivity index (χ0v) is 19.2. The van der Waals surface area contributed by atoms with E-state index in [0.29, 0.717) is 23.4 Å². The molecule has 0 amide bonds. The van der Waals surface area contributed by atoms with E-state index in [1.54, 1.807) is 0 Å². The lowest BCUT2D eigenvalue weighted by Gasteiger charge is -2.34. The molecule has 3 aromatic rings. The van der Waals surface area contributed by atoms with Crippen molar-refractivity contribution in [1.82, 2.24) is 24.7 Å². The number of nitrogen functional groups attached to an aromatic ring is 1. The number of nitrogens with one attached hydrogen (secondary N) is 2. The van der Waals surface area contributed by atoms with Gasteiger partial charge in [0.1, 0.15) is 12.1 Å². The zero-order chi connectivity index (χ0) is 22.7. The fourth-order valence-electron chi connectivity index (χ4n) is 3.93. The van der Waals surface area contributed by atoms with Gasteiger partial charge in [0.05, 0.1) is 11.6 Å². The molecule has 0 saturated carbocycles. The van der Waals surface area contributed by atoms with E-state index in [1.807, 2.05) is 25.1 Å². The molecule has 0 spiro atoms. The topological polar surface area (TPSA) is 139 Å². The van der Waals surface area contributed by atoms with Gasteiger partial charge >= 0.3 is 0 Å². The van der Waals surface area contributed by atoms with Crippen molar-refractivity contribution < 1.29 is 8.42 Å². The molecule has 0 aliphatic carbocycles. The molecule has 170 valence electrons. The second-order valence-corrected chi connectivity index (χ2v) is 9.09. The van der Waals surface area contributed by atoms with E-state index >= 15 is 0 Å². The summed E-state index contributed by atoms with van der Waals surface area (Å²) in [6, 6.07) is 7.56. The summed E-state index contributed by atoms with van der Waals surface area (Å²) in [6.45, 7) is 4.05. The van der Waals surface area contributed by atoms with Crippen molar-refractivity contribution in [2.75, 3.05) is 35.6 Å². The van der Waals surface area contributed by atoms with Crippen molar-refractivity contribution in [2.24, 2.45) is 5.92 Å². The van der Waals surface area contributed by atoms with E-state index in [1.165, 1.54) is 6.33 Å². The quantitative estimate of drug-likeness (QED) is 0.377. The smallest absolute Gasteiger partial charge is 0.227 e. The third-order valence-electron chi connectivity index (χ3n) is 5.61. The summed E-state index contributed by atoms with van der Waals surface area (Å²) in [6.07, 6.45) is 3.12. The Morgan fingerprint density at radius 2 is 2.00 bits per heavy atom. The van der Waals surface area contributed by atoms with Crippen LogP contribution in [-0.2, 0) is 10.9 Å². The molecular formula is C20H25ClN8O2S. The predicted molar refractivity (Wildman–Crippen MR) is 126 cm³/mol. The summed E-state index contributed by atoms with van der Waals surface area (Å²) in [5, 5.41) is 4.87. The number of hydrogen-bond acceptors (Lipinski definition) is 9. The van der Waals surface area contributed by atoms with E-state index < -0.39 is 10.9 Å². The molecule has 3 heterocycles. The Kier molecular flexibility index (Phi) is 6.87. The number of nitrogens with two attached hydrogens (primary N) is 1. The molecular weight excluding hydrogens is 452 g/mol. The number of nitrogens with zero attached hydrogens (tertiary/aromatic N) is 5. The van der Waals surface area contributed by atoms with Crippen LogP contribution in [0.25, 0.3) is 10.9 Å². The number of hydrogen-bond donors (Lipinski definition) is 4. The number of aromatic nitrogens is 4. The summed E-state index contributed by atoms with van der Waals surface area (Å²) >= 11 is 6.21. The minimum Gasteiger partial charge on any atom is -0.368 e. The third kappa shape index (κ3) is 5.34. The standard InChI is InChI=1S/C20H25ClN8O2S/c1-12(26-20-24-11-23-19(22)28-20)16-9-14-8-15(21)2-3-17(14)27-18(16)29-6-4-13(5-7-29)10-25-32(30)31/h2-3,8-9,11-13,32H,4-7,10H2,1H3,(H,25,30,31)(H3,22,23,24,26,28). The molecule has 1 aliphatic heterocycles. The number of anilines is 3. The average Bonchev–Trinajstić information content (AvgIpc) is 2.77. The fraction of sp³-hybridized carbons (Fsp3) is 0.400. The molecule has 1 aliphatic rings. The minimum absolute atomic E-state index is 0.147. The molecule has 0 radical (unpaired) electrons. The summed E-state index contributed by atoms with van der Waals surface area (Å²) in [5.74, 6) is 1.72. The predicted octanol–water partition coefficient (Wildman–Crippen LogP) is 2.16. The Morgan fingerprint density at radius 1 is 1.22 bits per heavy atom. The van der Waals surface area contributed by atoms with Crippen LogP contribution in [-0.4, -0.2) is 48.0 Å². The van der Waals surface area contributed by atoms with Crippen LogP contribution in [0.5, 0.6) is 0 Å². The van der Waals surface area contributed by atoms with Crippen LogP contribution in [0.2, 0.25) is 5.02 Å². The second-order valence-electron chi connectivity index (χ2n) is 7.82. The number of thiol groups is 1. The highest BCUT2D eigenvalue weighted by molar-refractivity contribution is 7.70. The first kappa shape index (κ1) is 22.4. The van der Waals surface area contributed by atoms with Gasteiger partial charge in [-0.25, -0.2) is 28.1 Å². The van der Waals surface area contributed by atoms with Crippen molar-refractivity contribution in [2.45, 2.75) is 25.8 Å². The average molecular weight is 477 g/mol. The van der Waals surface area contributed by atoms with Crippen molar-refractivity contribution >= 4 is 51.1 Å². The first-order chi connectivity index (χ1) is 15.4. The molecule has 2 aromatic heterocycles. The van der Waals surface area contributed by atoms with Crippen LogP contribution >= 0.6 is 11.6 Å². The Bertz CT molecular complexity index is 1180. The lowest BCUT2D eigenvalue weighted by molar-refractivity contribution is 0.401. The number of piperidine rings is 1. The molecule has 12 heteroatoms. The van der Waals surface area contributed by atoms with Gasteiger partial charge in [0.2, 0.25) is 22.8 Å². The molecule has 1 unspecified atom stereocenters. The molecule has 1 fully saturated rings. The largest absolute Gasteiger partial charge is 0.368 e. The maximum atomic E-state index is 10.8. The van der Waals surface area contributed by atoms with Crippen LogP contribution in [0.3, 0.4) is 0 Å². The Labute approximate surface area is 192 Å². The second kappa shape index (κ2) is 9.80. The van der Waals surface area contributed by atoms with E-state index in [2.05, 4.69) is 36.0 Å². The zero-order valence-electron chi connectivity index (χ0n) is 17.5. The Hall–Kier alpha value is -2.76. The van der Waals surface area contributed by atoms with Crippen LogP contribution in [0.4, 0.5) is 17.7 Å². The van der Waals surface area contributed by atoms with Gasteiger partial charge in [-0.1, -0.05) is 11.6 Å². The highest BCUT2D eigenvalue weighted by Gasteiger charge is 2.24. The number of halogens is 1. The summed E-state index contributed by atoms with van der Waals surface area (Å²) in [5.41, 5.74) is 7.53. The van der Waals surface area contributed by atoms with Gasteiger partial charge in [0.25, 0.3) is 0 Å². The maximum absolute atomic E-state index is 10.8.